The third-order valence-electron chi connectivity index (χ3n) is 4.69. The summed E-state index contributed by atoms with van der Waals surface area (Å²) in [5, 5.41) is 0. The Kier molecular flexibility index (Phi) is 6.50. The summed E-state index contributed by atoms with van der Waals surface area (Å²) in [7, 11) is 4.43. The average molecular weight is 240 g/mol. The van der Waals surface area contributed by atoms with E-state index in [4.69, 9.17) is 0 Å². The lowest BCUT2D eigenvalue weighted by molar-refractivity contribution is 0.119. The zero-order chi connectivity index (χ0) is 12.8. The Hall–Kier alpha value is -0.0800. The van der Waals surface area contributed by atoms with Crippen LogP contribution in [0.2, 0.25) is 0 Å². The van der Waals surface area contributed by atoms with Crippen molar-refractivity contribution in [3.8, 4) is 0 Å². The lowest BCUT2D eigenvalue weighted by Gasteiger charge is -2.37. The standard InChI is InChI=1S/C15H32N2/c1-6-14(7-2)13(3)12-17-10-8-15(9-11-17)16(4)5/h13-15H,6-12H2,1-5H3/t13-/m0/s1. The molecule has 2 heteroatoms. The molecule has 0 amide bonds. The molecule has 0 saturated carbocycles. The zero-order valence-corrected chi connectivity index (χ0v) is 12.6. The molecule has 1 rings (SSSR count). The van der Waals surface area contributed by atoms with Gasteiger partial charge in [-0.25, -0.2) is 0 Å². The maximum Gasteiger partial charge on any atom is 0.0113 e. The Morgan fingerprint density at radius 2 is 1.65 bits per heavy atom. The predicted molar refractivity (Wildman–Crippen MR) is 76.4 cm³/mol. The summed E-state index contributed by atoms with van der Waals surface area (Å²) in [5.41, 5.74) is 0. The lowest BCUT2D eigenvalue weighted by Crippen LogP contribution is -2.43. The fourth-order valence-corrected chi connectivity index (χ4v) is 3.27. The first kappa shape index (κ1) is 15.0. The molecular formula is C15H32N2. The third kappa shape index (κ3) is 4.59. The molecule has 1 saturated heterocycles. The van der Waals surface area contributed by atoms with Crippen LogP contribution in [-0.2, 0) is 0 Å². The monoisotopic (exact) mass is 240 g/mol. The Bertz CT molecular complexity index is 191. The minimum atomic E-state index is 0.815. The fourth-order valence-electron chi connectivity index (χ4n) is 3.27. The molecule has 1 atom stereocenters. The Morgan fingerprint density at radius 1 is 1.12 bits per heavy atom. The minimum Gasteiger partial charge on any atom is -0.306 e. The van der Waals surface area contributed by atoms with Crippen LogP contribution in [0.4, 0.5) is 0 Å². The van der Waals surface area contributed by atoms with Crippen LogP contribution in [0.25, 0.3) is 0 Å². The quantitative estimate of drug-likeness (QED) is 0.704. The summed E-state index contributed by atoms with van der Waals surface area (Å²) in [4.78, 5) is 5.07. The second-order valence-corrected chi connectivity index (χ2v) is 6.05. The molecule has 0 aromatic carbocycles. The van der Waals surface area contributed by atoms with Gasteiger partial charge in [0.2, 0.25) is 0 Å². The van der Waals surface area contributed by atoms with E-state index in [1.165, 1.54) is 45.3 Å². The van der Waals surface area contributed by atoms with Crippen LogP contribution in [0.1, 0.15) is 46.5 Å². The highest BCUT2D eigenvalue weighted by molar-refractivity contribution is 4.78. The molecular weight excluding hydrogens is 208 g/mol. The van der Waals surface area contributed by atoms with Crippen molar-refractivity contribution in [2.75, 3.05) is 33.7 Å². The highest BCUT2D eigenvalue weighted by atomic mass is 15.2. The molecule has 2 nitrogen and oxygen atoms in total. The van der Waals surface area contributed by atoms with E-state index in [1.54, 1.807) is 0 Å². The van der Waals surface area contributed by atoms with Gasteiger partial charge in [0.05, 0.1) is 0 Å². The molecule has 0 spiro atoms. The van der Waals surface area contributed by atoms with Crippen molar-refractivity contribution in [3.05, 3.63) is 0 Å². The lowest BCUT2D eigenvalue weighted by atomic mass is 9.88. The van der Waals surface area contributed by atoms with E-state index in [0.717, 1.165) is 17.9 Å². The van der Waals surface area contributed by atoms with E-state index in [2.05, 4.69) is 44.7 Å². The maximum atomic E-state index is 2.68. The van der Waals surface area contributed by atoms with Gasteiger partial charge in [0.15, 0.2) is 0 Å². The smallest absolute Gasteiger partial charge is 0.0113 e. The molecule has 1 aliphatic heterocycles. The molecule has 0 radical (unpaired) electrons. The molecule has 0 aliphatic carbocycles. The van der Waals surface area contributed by atoms with Gasteiger partial charge in [0.1, 0.15) is 0 Å². The van der Waals surface area contributed by atoms with Gasteiger partial charge in [-0.15, -0.1) is 0 Å². The molecule has 17 heavy (non-hydrogen) atoms. The SMILES string of the molecule is CCC(CC)[C@@H](C)CN1CCC(N(C)C)CC1. The number of hydrogen-bond donors (Lipinski definition) is 0. The predicted octanol–water partition coefficient (Wildman–Crippen LogP) is 3.08. The number of likely N-dealkylation sites (tertiary alicyclic amines) is 1. The Labute approximate surface area is 108 Å². The Morgan fingerprint density at radius 3 is 2.06 bits per heavy atom. The van der Waals surface area contributed by atoms with Crippen molar-refractivity contribution in [2.45, 2.75) is 52.5 Å². The van der Waals surface area contributed by atoms with E-state index in [1.807, 2.05) is 0 Å². The molecule has 0 unspecified atom stereocenters. The largest absolute Gasteiger partial charge is 0.306 e. The highest BCUT2D eigenvalue weighted by Gasteiger charge is 2.23. The first-order valence-electron chi connectivity index (χ1n) is 7.47. The van der Waals surface area contributed by atoms with Crippen LogP contribution in [-0.4, -0.2) is 49.6 Å². The van der Waals surface area contributed by atoms with Gasteiger partial charge in [0, 0.05) is 12.6 Å². The van der Waals surface area contributed by atoms with Gasteiger partial charge in [-0.1, -0.05) is 33.6 Å². The first-order chi connectivity index (χ1) is 8.08. The van der Waals surface area contributed by atoms with Crippen molar-refractivity contribution < 1.29 is 0 Å². The molecule has 0 bridgehead atoms. The normalized spacial score (nSPS) is 21.4. The molecule has 0 aromatic rings. The summed E-state index contributed by atoms with van der Waals surface area (Å²) in [5.74, 6) is 1.78. The van der Waals surface area contributed by atoms with E-state index in [0.29, 0.717) is 0 Å². The summed E-state index contributed by atoms with van der Waals surface area (Å²) in [6.07, 6.45) is 5.38. The van der Waals surface area contributed by atoms with Crippen molar-refractivity contribution in [1.29, 1.82) is 0 Å². The topological polar surface area (TPSA) is 6.48 Å². The van der Waals surface area contributed by atoms with Gasteiger partial charge in [-0.3, -0.25) is 0 Å². The summed E-state index contributed by atoms with van der Waals surface area (Å²) in [6, 6.07) is 0.815. The maximum absolute atomic E-state index is 2.68. The van der Waals surface area contributed by atoms with Crippen molar-refractivity contribution in [3.63, 3.8) is 0 Å². The van der Waals surface area contributed by atoms with E-state index in [9.17, 15) is 0 Å². The second-order valence-electron chi connectivity index (χ2n) is 6.05. The molecule has 102 valence electrons. The van der Waals surface area contributed by atoms with E-state index >= 15 is 0 Å². The van der Waals surface area contributed by atoms with Crippen molar-refractivity contribution in [1.82, 2.24) is 9.80 Å². The number of rotatable bonds is 6. The summed E-state index contributed by atoms with van der Waals surface area (Å²) >= 11 is 0. The van der Waals surface area contributed by atoms with Crippen molar-refractivity contribution in [2.24, 2.45) is 11.8 Å². The third-order valence-corrected chi connectivity index (χ3v) is 4.69. The molecule has 0 N–H and O–H groups in total. The first-order valence-corrected chi connectivity index (χ1v) is 7.47. The van der Waals surface area contributed by atoms with Gasteiger partial charge >= 0.3 is 0 Å². The van der Waals surface area contributed by atoms with Crippen LogP contribution < -0.4 is 0 Å². The molecule has 0 aromatic heterocycles. The summed E-state index contributed by atoms with van der Waals surface area (Å²) < 4.78 is 0. The van der Waals surface area contributed by atoms with E-state index < -0.39 is 0 Å². The summed E-state index contributed by atoms with van der Waals surface area (Å²) in [6.45, 7) is 11.0. The second kappa shape index (κ2) is 7.38. The van der Waals surface area contributed by atoms with Crippen LogP contribution in [0.5, 0.6) is 0 Å². The number of piperidine rings is 1. The molecule has 1 fully saturated rings. The van der Waals surface area contributed by atoms with Gasteiger partial charge < -0.3 is 9.80 Å². The minimum absolute atomic E-state index is 0.815. The van der Waals surface area contributed by atoms with Gasteiger partial charge in [-0.2, -0.15) is 0 Å². The molecule has 1 aliphatic rings. The van der Waals surface area contributed by atoms with Crippen LogP contribution in [0.3, 0.4) is 0 Å². The number of nitrogens with zero attached hydrogens (tertiary/aromatic N) is 2. The van der Waals surface area contributed by atoms with Gasteiger partial charge in [-0.05, 0) is 51.9 Å². The van der Waals surface area contributed by atoms with Gasteiger partial charge in [0.25, 0.3) is 0 Å². The van der Waals surface area contributed by atoms with Crippen molar-refractivity contribution >= 4 is 0 Å². The van der Waals surface area contributed by atoms with Crippen LogP contribution >= 0.6 is 0 Å². The van der Waals surface area contributed by atoms with E-state index in [-0.39, 0.29) is 0 Å². The van der Waals surface area contributed by atoms with Crippen LogP contribution in [0, 0.1) is 11.8 Å². The average Bonchev–Trinajstić information content (AvgIpc) is 2.31. The van der Waals surface area contributed by atoms with Crippen LogP contribution in [0.15, 0.2) is 0 Å². The molecule has 1 heterocycles. The fraction of sp³-hybridized carbons (Fsp3) is 1.00. The zero-order valence-electron chi connectivity index (χ0n) is 12.6. The number of hydrogen-bond acceptors (Lipinski definition) is 2. The highest BCUT2D eigenvalue weighted by Crippen LogP contribution is 2.22. The Balaban J connectivity index is 2.30.